The summed E-state index contributed by atoms with van der Waals surface area (Å²) in [5, 5.41) is 18.8. The summed E-state index contributed by atoms with van der Waals surface area (Å²) in [5.41, 5.74) is 2.57. The second-order valence-corrected chi connectivity index (χ2v) is 4.22. The zero-order chi connectivity index (χ0) is 13.2. The summed E-state index contributed by atoms with van der Waals surface area (Å²) in [4.78, 5) is 10.8. The summed E-state index contributed by atoms with van der Waals surface area (Å²) < 4.78 is 1.74. The van der Waals surface area contributed by atoms with Gasteiger partial charge in [0.15, 0.2) is 0 Å². The number of fused-ring (bicyclic) bond motifs is 1. The van der Waals surface area contributed by atoms with Crippen LogP contribution in [0.3, 0.4) is 0 Å². The maximum absolute atomic E-state index is 10.8. The summed E-state index contributed by atoms with van der Waals surface area (Å²) in [6.45, 7) is 0.599. The lowest BCUT2D eigenvalue weighted by molar-refractivity contribution is -0.255. The largest absolute Gasteiger partial charge is 0.545 e. The molecule has 0 unspecified atom stereocenters. The van der Waals surface area contributed by atoms with Gasteiger partial charge in [0.2, 0.25) is 0 Å². The minimum absolute atomic E-state index is 0.110. The fourth-order valence-corrected chi connectivity index (χ4v) is 1.97. The van der Waals surface area contributed by atoms with Crippen molar-refractivity contribution >= 4 is 17.0 Å². The van der Waals surface area contributed by atoms with E-state index in [0.717, 1.165) is 11.1 Å². The van der Waals surface area contributed by atoms with Crippen LogP contribution >= 0.6 is 0 Å². The summed E-state index contributed by atoms with van der Waals surface area (Å²) in [6.07, 6.45) is 0. The third-order valence-electron chi connectivity index (χ3n) is 2.92. The molecule has 0 aliphatic rings. The van der Waals surface area contributed by atoms with E-state index in [1.165, 1.54) is 12.1 Å². The third kappa shape index (κ3) is 2.18. The highest BCUT2D eigenvalue weighted by atomic mass is 16.4. The predicted octanol–water partition coefficient (Wildman–Crippen LogP) is 0.843. The first-order valence-electron chi connectivity index (χ1n) is 5.82. The number of rotatable bonds is 3. The number of carbonyl (C=O) groups is 1. The van der Waals surface area contributed by atoms with Crippen LogP contribution in [0.4, 0.5) is 0 Å². The maximum Gasteiger partial charge on any atom is 0.113 e. The Kier molecular flexibility index (Phi) is 2.72. The summed E-state index contributed by atoms with van der Waals surface area (Å²) in [7, 11) is 0. The zero-order valence-electron chi connectivity index (χ0n) is 9.98. The third-order valence-corrected chi connectivity index (χ3v) is 2.92. The molecule has 0 bridgehead atoms. The minimum Gasteiger partial charge on any atom is -0.545 e. The Hall–Kier alpha value is -2.69. The smallest absolute Gasteiger partial charge is 0.113 e. The average Bonchev–Trinajstić information content (AvgIpc) is 2.82. The van der Waals surface area contributed by atoms with E-state index < -0.39 is 5.97 Å². The molecule has 0 amide bonds. The first kappa shape index (κ1) is 11.4. The molecule has 0 N–H and O–H groups in total. The molecule has 19 heavy (non-hydrogen) atoms. The molecule has 0 saturated heterocycles. The minimum atomic E-state index is -1.21. The van der Waals surface area contributed by atoms with E-state index in [0.29, 0.717) is 12.1 Å². The molecule has 0 spiro atoms. The van der Waals surface area contributed by atoms with Crippen LogP contribution in [-0.4, -0.2) is 21.0 Å². The van der Waals surface area contributed by atoms with Gasteiger partial charge in [0, 0.05) is 0 Å². The number of nitrogens with zero attached hydrogens (tertiary/aromatic N) is 3. The Morgan fingerprint density at radius 1 is 1.16 bits per heavy atom. The van der Waals surface area contributed by atoms with Gasteiger partial charge in [-0.25, -0.2) is 4.68 Å². The van der Waals surface area contributed by atoms with Crippen LogP contribution in [0.15, 0.2) is 48.5 Å². The predicted molar refractivity (Wildman–Crippen MR) is 67.4 cm³/mol. The maximum atomic E-state index is 10.8. The Labute approximate surface area is 109 Å². The molecule has 0 fully saturated rings. The van der Waals surface area contributed by atoms with Crippen molar-refractivity contribution in [2.24, 2.45) is 0 Å². The van der Waals surface area contributed by atoms with Gasteiger partial charge in [-0.15, -0.1) is 5.10 Å². The molecule has 3 rings (SSSR count). The molecule has 5 nitrogen and oxygen atoms in total. The van der Waals surface area contributed by atoms with E-state index in [2.05, 4.69) is 10.3 Å². The lowest BCUT2D eigenvalue weighted by atomic mass is 10.2. The molecule has 1 heterocycles. The van der Waals surface area contributed by atoms with Crippen LogP contribution in [0.5, 0.6) is 0 Å². The van der Waals surface area contributed by atoms with Gasteiger partial charge in [-0.1, -0.05) is 41.6 Å². The van der Waals surface area contributed by atoms with Gasteiger partial charge in [0.1, 0.15) is 5.52 Å². The molecule has 0 aliphatic heterocycles. The number of carbonyl (C=O) groups excluding carboxylic acids is 1. The summed E-state index contributed by atoms with van der Waals surface area (Å²) in [6, 6.07) is 14.6. The second-order valence-electron chi connectivity index (χ2n) is 4.22. The fourth-order valence-electron chi connectivity index (χ4n) is 1.97. The van der Waals surface area contributed by atoms with Crippen molar-refractivity contribution in [3.8, 4) is 0 Å². The van der Waals surface area contributed by atoms with Gasteiger partial charge in [0.25, 0.3) is 0 Å². The number of hydrogen-bond donors (Lipinski definition) is 0. The lowest BCUT2D eigenvalue weighted by Crippen LogP contribution is -2.22. The van der Waals surface area contributed by atoms with Crippen molar-refractivity contribution < 1.29 is 9.90 Å². The van der Waals surface area contributed by atoms with Gasteiger partial charge in [-0.05, 0) is 23.3 Å². The fraction of sp³-hybridized carbons (Fsp3) is 0.0714. The molecule has 2 aromatic carbocycles. The van der Waals surface area contributed by atoms with Gasteiger partial charge >= 0.3 is 0 Å². The second kappa shape index (κ2) is 4.53. The first-order chi connectivity index (χ1) is 9.24. The highest BCUT2D eigenvalue weighted by molar-refractivity contribution is 5.90. The Morgan fingerprint density at radius 3 is 2.68 bits per heavy atom. The van der Waals surface area contributed by atoms with E-state index in [-0.39, 0.29) is 5.56 Å². The number of carboxylic acids is 1. The van der Waals surface area contributed by atoms with Gasteiger partial charge in [-0.2, -0.15) is 0 Å². The SMILES string of the molecule is O=C([O-])c1ccc2c(c1)nnn2Cc1ccccc1. The molecule has 0 saturated carbocycles. The Bertz CT molecular complexity index is 735. The monoisotopic (exact) mass is 252 g/mol. The molecule has 0 atom stereocenters. The number of aromatic carboxylic acids is 1. The Balaban J connectivity index is 1.99. The highest BCUT2D eigenvalue weighted by Crippen LogP contribution is 2.14. The molecule has 5 heteroatoms. The van der Waals surface area contributed by atoms with Crippen LogP contribution < -0.4 is 5.11 Å². The molecule has 94 valence electrons. The van der Waals surface area contributed by atoms with Crippen LogP contribution in [0.2, 0.25) is 0 Å². The zero-order valence-corrected chi connectivity index (χ0v) is 9.98. The van der Waals surface area contributed by atoms with Crippen LogP contribution in [0.25, 0.3) is 11.0 Å². The molecular formula is C14H10N3O2-. The van der Waals surface area contributed by atoms with Gasteiger partial charge < -0.3 is 9.90 Å². The number of hydrogen-bond acceptors (Lipinski definition) is 4. The standard InChI is InChI=1S/C14H11N3O2/c18-14(19)11-6-7-13-12(8-11)15-16-17(13)9-10-4-2-1-3-5-10/h1-8H,9H2,(H,18,19)/p-1. The van der Waals surface area contributed by atoms with Crippen molar-refractivity contribution in [2.75, 3.05) is 0 Å². The molecule has 0 radical (unpaired) electrons. The quantitative estimate of drug-likeness (QED) is 0.692. The van der Waals surface area contributed by atoms with E-state index in [4.69, 9.17) is 0 Å². The van der Waals surface area contributed by atoms with E-state index in [1.807, 2.05) is 30.3 Å². The topological polar surface area (TPSA) is 70.8 Å². The van der Waals surface area contributed by atoms with Crippen molar-refractivity contribution in [1.29, 1.82) is 0 Å². The van der Waals surface area contributed by atoms with Crippen molar-refractivity contribution in [3.63, 3.8) is 0 Å². The molecule has 0 aliphatic carbocycles. The average molecular weight is 252 g/mol. The lowest BCUT2D eigenvalue weighted by Gasteiger charge is -2.04. The van der Waals surface area contributed by atoms with E-state index in [9.17, 15) is 9.90 Å². The summed E-state index contributed by atoms with van der Waals surface area (Å²) in [5.74, 6) is -1.21. The highest BCUT2D eigenvalue weighted by Gasteiger charge is 2.06. The van der Waals surface area contributed by atoms with Crippen molar-refractivity contribution in [1.82, 2.24) is 15.0 Å². The number of carboxylic acid groups (broad SMARTS) is 1. The van der Waals surface area contributed by atoms with Crippen LogP contribution in [0, 0.1) is 0 Å². The normalized spacial score (nSPS) is 10.7. The van der Waals surface area contributed by atoms with Gasteiger partial charge in [-0.3, -0.25) is 0 Å². The number of benzene rings is 2. The summed E-state index contributed by atoms with van der Waals surface area (Å²) >= 11 is 0. The van der Waals surface area contributed by atoms with Gasteiger partial charge in [0.05, 0.1) is 18.0 Å². The van der Waals surface area contributed by atoms with Crippen molar-refractivity contribution in [2.45, 2.75) is 6.54 Å². The molecular weight excluding hydrogens is 242 g/mol. The Morgan fingerprint density at radius 2 is 1.95 bits per heavy atom. The molecule has 3 aromatic rings. The molecule has 1 aromatic heterocycles. The number of aromatic nitrogens is 3. The van der Waals surface area contributed by atoms with E-state index >= 15 is 0 Å². The van der Waals surface area contributed by atoms with Crippen LogP contribution in [-0.2, 0) is 6.54 Å². The van der Waals surface area contributed by atoms with Crippen molar-refractivity contribution in [3.05, 3.63) is 59.7 Å². The van der Waals surface area contributed by atoms with E-state index in [1.54, 1.807) is 10.7 Å². The van der Waals surface area contributed by atoms with Crippen LogP contribution in [0.1, 0.15) is 15.9 Å². The first-order valence-corrected chi connectivity index (χ1v) is 5.82.